The van der Waals surface area contributed by atoms with Crippen LogP contribution in [0.5, 0.6) is 0 Å². The second kappa shape index (κ2) is 7.85. The van der Waals surface area contributed by atoms with Crippen LogP contribution in [0.4, 0.5) is 0 Å². The molecule has 0 aliphatic carbocycles. The van der Waals surface area contributed by atoms with E-state index in [1.807, 2.05) is 0 Å². The van der Waals surface area contributed by atoms with Gasteiger partial charge < -0.3 is 12.3 Å². The third-order valence-electron chi connectivity index (χ3n) is 2.22. The fraction of sp³-hybridized carbons (Fsp3) is 0.857. The van der Waals surface area contributed by atoms with Crippen LogP contribution in [-0.2, 0) is 12.3 Å². The summed E-state index contributed by atoms with van der Waals surface area (Å²) < 4.78 is 19.7. The van der Waals surface area contributed by atoms with Gasteiger partial charge in [-0.1, -0.05) is 12.7 Å². The molecule has 0 bridgehead atoms. The Morgan fingerprint density at radius 2 is 1.05 bits per heavy atom. The van der Waals surface area contributed by atoms with Crippen molar-refractivity contribution in [2.45, 2.75) is 77.8 Å². The Hall–Kier alpha value is 0.488. The molecular weight excluding hydrogens is 328 g/mol. The summed E-state index contributed by atoms with van der Waals surface area (Å²) in [5.74, 6) is 0. The van der Waals surface area contributed by atoms with Crippen molar-refractivity contribution in [3.8, 4) is 0 Å². The predicted octanol–water partition coefficient (Wildman–Crippen LogP) is 5.25. The number of allylic oxidation sites excluding steroid dienone is 1. The highest BCUT2D eigenvalue weighted by molar-refractivity contribution is 6.90. The molecule has 0 atom stereocenters. The lowest BCUT2D eigenvalue weighted by molar-refractivity contribution is 0.250. The maximum Gasteiger partial charge on any atom is 0.469 e. The maximum absolute atomic E-state index is 6.58. The second-order valence-corrected chi connectivity index (χ2v) is 25.4. The minimum Gasteiger partial charge on any atom is -0.417 e. The quantitative estimate of drug-likeness (QED) is 0.392. The molecule has 0 aromatic carbocycles. The standard InChI is InChI=1S/C14H35O3Si4/c1-11-12-13-14-21(15-18(2,3)4,16-19(5,6)7)17-20(8,9)10/h1,12-14H2,2-10H3. The summed E-state index contributed by atoms with van der Waals surface area (Å²) in [7, 11) is -7.82. The minimum absolute atomic E-state index is 0.869. The van der Waals surface area contributed by atoms with Gasteiger partial charge in [0.05, 0.1) is 0 Å². The number of hydrogen-bond donors (Lipinski definition) is 0. The summed E-state index contributed by atoms with van der Waals surface area (Å²) in [5, 5.41) is 0. The molecule has 0 rings (SSSR count). The van der Waals surface area contributed by atoms with Crippen LogP contribution in [0.3, 0.4) is 0 Å². The van der Waals surface area contributed by atoms with E-state index in [9.17, 15) is 0 Å². The average molecular weight is 364 g/mol. The molecule has 0 amide bonds. The van der Waals surface area contributed by atoms with Crippen LogP contribution in [0.15, 0.2) is 6.58 Å². The smallest absolute Gasteiger partial charge is 0.417 e. The first kappa shape index (κ1) is 21.5. The van der Waals surface area contributed by atoms with E-state index in [-0.39, 0.29) is 0 Å². The molecule has 0 aromatic rings. The van der Waals surface area contributed by atoms with E-state index >= 15 is 0 Å². The summed E-state index contributed by atoms with van der Waals surface area (Å²) >= 11 is 0. The molecule has 0 aliphatic heterocycles. The van der Waals surface area contributed by atoms with Crippen LogP contribution < -0.4 is 0 Å². The lowest BCUT2D eigenvalue weighted by Gasteiger charge is -2.42. The van der Waals surface area contributed by atoms with Gasteiger partial charge in [-0.15, -0.1) is 0 Å². The summed E-state index contributed by atoms with van der Waals surface area (Å²) in [5.41, 5.74) is 0. The van der Waals surface area contributed by atoms with E-state index in [0.717, 1.165) is 18.9 Å². The van der Waals surface area contributed by atoms with E-state index < -0.39 is 33.8 Å². The van der Waals surface area contributed by atoms with Crippen LogP contribution in [0.2, 0.25) is 65.0 Å². The third kappa shape index (κ3) is 11.7. The van der Waals surface area contributed by atoms with Crippen LogP contribution in [-0.4, -0.2) is 33.8 Å². The zero-order valence-electron chi connectivity index (χ0n) is 15.6. The highest BCUT2D eigenvalue weighted by Gasteiger charge is 2.49. The number of hydrogen-bond acceptors (Lipinski definition) is 3. The van der Waals surface area contributed by atoms with Crippen molar-refractivity contribution < 1.29 is 12.3 Å². The average Bonchev–Trinajstić information content (AvgIpc) is 2.08. The Morgan fingerprint density at radius 1 is 0.714 bits per heavy atom. The van der Waals surface area contributed by atoms with E-state index in [0.29, 0.717) is 0 Å². The normalized spacial score (nSPS) is 14.3. The topological polar surface area (TPSA) is 27.7 Å². The summed E-state index contributed by atoms with van der Waals surface area (Å²) in [6, 6.07) is 0.883. The van der Waals surface area contributed by atoms with Crippen molar-refractivity contribution >= 4 is 33.8 Å². The molecular formula is C14H35O3Si4. The van der Waals surface area contributed by atoms with E-state index in [1.54, 1.807) is 0 Å². The zero-order valence-corrected chi connectivity index (χ0v) is 19.6. The van der Waals surface area contributed by atoms with Crippen molar-refractivity contribution in [1.29, 1.82) is 0 Å². The zero-order chi connectivity index (χ0) is 16.9. The van der Waals surface area contributed by atoms with E-state index in [2.05, 4.69) is 71.6 Å². The Kier molecular flexibility index (Phi) is 8.03. The molecule has 0 unspecified atom stereocenters. The summed E-state index contributed by atoms with van der Waals surface area (Å²) in [6.07, 6.45) is 4.82. The highest BCUT2D eigenvalue weighted by atomic mass is 28.5. The molecule has 0 spiro atoms. The maximum atomic E-state index is 6.58. The van der Waals surface area contributed by atoms with Crippen molar-refractivity contribution in [3.05, 3.63) is 12.7 Å². The fourth-order valence-electron chi connectivity index (χ4n) is 2.05. The largest absolute Gasteiger partial charge is 0.469 e. The highest BCUT2D eigenvalue weighted by Crippen LogP contribution is 2.30. The van der Waals surface area contributed by atoms with Gasteiger partial charge in [0, 0.05) is 6.04 Å². The van der Waals surface area contributed by atoms with Crippen LogP contribution in [0, 0.1) is 6.08 Å². The molecule has 0 aliphatic rings. The fourth-order valence-corrected chi connectivity index (χ4v) is 16.7. The Balaban J connectivity index is 5.40. The first-order valence-corrected chi connectivity index (χ1v) is 19.9. The molecule has 0 aromatic heterocycles. The van der Waals surface area contributed by atoms with Gasteiger partial charge in [0.2, 0.25) is 0 Å². The molecule has 0 saturated heterocycles. The molecule has 21 heavy (non-hydrogen) atoms. The Morgan fingerprint density at radius 3 is 1.29 bits per heavy atom. The second-order valence-electron chi connectivity index (χ2n) is 8.43. The van der Waals surface area contributed by atoms with Gasteiger partial charge in [-0.05, 0) is 71.8 Å². The summed E-state index contributed by atoms with van der Waals surface area (Å²) in [4.78, 5) is 0. The van der Waals surface area contributed by atoms with Gasteiger partial charge in [-0.2, -0.15) is 0 Å². The summed E-state index contributed by atoms with van der Waals surface area (Å²) in [6.45, 7) is 23.7. The lowest BCUT2D eigenvalue weighted by Crippen LogP contribution is -2.60. The molecule has 0 heterocycles. The first-order valence-electron chi connectivity index (χ1n) is 7.79. The monoisotopic (exact) mass is 363 g/mol. The Bertz CT molecular complexity index is 286. The minimum atomic E-state index is -2.62. The van der Waals surface area contributed by atoms with E-state index in [4.69, 9.17) is 12.3 Å². The van der Waals surface area contributed by atoms with Crippen molar-refractivity contribution in [3.63, 3.8) is 0 Å². The molecule has 7 heteroatoms. The predicted molar refractivity (Wildman–Crippen MR) is 102 cm³/mol. The van der Waals surface area contributed by atoms with Crippen LogP contribution in [0.25, 0.3) is 0 Å². The third-order valence-corrected chi connectivity index (χ3v) is 14.3. The molecule has 125 valence electrons. The molecule has 3 nitrogen and oxygen atoms in total. The van der Waals surface area contributed by atoms with Crippen molar-refractivity contribution in [2.75, 3.05) is 0 Å². The molecule has 0 fully saturated rings. The van der Waals surface area contributed by atoms with Crippen molar-refractivity contribution in [2.24, 2.45) is 0 Å². The van der Waals surface area contributed by atoms with Crippen LogP contribution >= 0.6 is 0 Å². The van der Waals surface area contributed by atoms with Gasteiger partial charge in [-0.25, -0.2) is 0 Å². The number of unbranched alkanes of at least 4 members (excludes halogenated alkanes) is 1. The van der Waals surface area contributed by atoms with Crippen LogP contribution in [0.1, 0.15) is 12.8 Å². The van der Waals surface area contributed by atoms with Crippen molar-refractivity contribution in [1.82, 2.24) is 0 Å². The molecule has 1 radical (unpaired) electrons. The van der Waals surface area contributed by atoms with E-state index in [1.165, 1.54) is 0 Å². The van der Waals surface area contributed by atoms with Gasteiger partial charge in [0.15, 0.2) is 25.0 Å². The van der Waals surface area contributed by atoms with Gasteiger partial charge >= 0.3 is 8.80 Å². The molecule has 0 saturated carbocycles. The Labute approximate surface area is 136 Å². The van der Waals surface area contributed by atoms with Gasteiger partial charge in [-0.3, -0.25) is 0 Å². The number of rotatable bonds is 10. The van der Waals surface area contributed by atoms with Gasteiger partial charge in [0.1, 0.15) is 0 Å². The van der Waals surface area contributed by atoms with Gasteiger partial charge in [0.25, 0.3) is 0 Å². The lowest BCUT2D eigenvalue weighted by atomic mass is 10.3. The first-order chi connectivity index (χ1) is 9.18. The molecule has 0 N–H and O–H groups in total. The SMILES string of the molecule is C=[C]CCC[Si](O[Si](C)(C)C)(O[Si](C)(C)C)O[Si](C)(C)C.